The summed E-state index contributed by atoms with van der Waals surface area (Å²) in [4.78, 5) is 42.9. The van der Waals surface area contributed by atoms with Gasteiger partial charge in [0.2, 0.25) is 5.91 Å². The van der Waals surface area contributed by atoms with E-state index in [1.165, 1.54) is 16.7 Å². The van der Waals surface area contributed by atoms with Gasteiger partial charge in [-0.2, -0.15) is 0 Å². The third-order valence-electron chi connectivity index (χ3n) is 6.08. The molecule has 0 spiro atoms. The van der Waals surface area contributed by atoms with Crippen molar-refractivity contribution in [3.8, 4) is 0 Å². The number of hydrogen-bond donors (Lipinski definition) is 1. The van der Waals surface area contributed by atoms with Crippen LogP contribution in [0.2, 0.25) is 0 Å². The van der Waals surface area contributed by atoms with E-state index in [9.17, 15) is 14.4 Å². The number of rotatable bonds is 7. The van der Waals surface area contributed by atoms with Crippen LogP contribution < -0.4 is 10.2 Å². The zero-order valence-corrected chi connectivity index (χ0v) is 21.1. The van der Waals surface area contributed by atoms with Crippen LogP contribution in [0.4, 0.5) is 11.4 Å². The number of hydrogen-bond acceptors (Lipinski definition) is 5. The summed E-state index contributed by atoms with van der Waals surface area (Å²) in [5, 5.41) is 2.87. The van der Waals surface area contributed by atoms with E-state index in [0.29, 0.717) is 38.3 Å². The number of para-hydroxylation sites is 1. The van der Waals surface area contributed by atoms with Crippen molar-refractivity contribution in [2.24, 2.45) is 0 Å². The molecule has 0 aliphatic carbocycles. The van der Waals surface area contributed by atoms with Crippen LogP contribution in [-0.4, -0.2) is 40.0 Å². The molecule has 34 heavy (non-hydrogen) atoms. The molecule has 2 heterocycles. The Morgan fingerprint density at radius 1 is 1.00 bits per heavy atom. The van der Waals surface area contributed by atoms with E-state index in [1.54, 1.807) is 11.0 Å². The first-order valence-electron chi connectivity index (χ1n) is 11.4. The van der Waals surface area contributed by atoms with Crippen molar-refractivity contribution < 1.29 is 14.4 Å². The zero-order valence-electron chi connectivity index (χ0n) is 19.5. The van der Waals surface area contributed by atoms with Crippen molar-refractivity contribution in [3.63, 3.8) is 0 Å². The number of benzene rings is 2. The highest BCUT2D eigenvalue weighted by Crippen LogP contribution is 2.44. The van der Waals surface area contributed by atoms with Crippen molar-refractivity contribution in [2.45, 2.75) is 40.0 Å². The second kappa shape index (κ2) is 10.1. The van der Waals surface area contributed by atoms with E-state index in [1.807, 2.05) is 50.2 Å². The molecule has 8 heteroatoms. The van der Waals surface area contributed by atoms with Gasteiger partial charge in [0.15, 0.2) is 0 Å². The van der Waals surface area contributed by atoms with Crippen molar-refractivity contribution in [1.82, 2.24) is 4.90 Å². The number of aryl methyl sites for hydroxylation is 2. The molecule has 0 radical (unpaired) electrons. The Balaban J connectivity index is 1.59. The highest BCUT2D eigenvalue weighted by molar-refractivity contribution is 8.26. The minimum absolute atomic E-state index is 0.150. The number of fused-ring (bicyclic) bond motifs is 1. The summed E-state index contributed by atoms with van der Waals surface area (Å²) in [6.07, 6.45) is 2.91. The van der Waals surface area contributed by atoms with Crippen LogP contribution in [0.1, 0.15) is 42.9 Å². The fourth-order valence-electron chi connectivity index (χ4n) is 4.08. The molecule has 0 aromatic heterocycles. The van der Waals surface area contributed by atoms with Gasteiger partial charge >= 0.3 is 0 Å². The number of nitrogens with one attached hydrogen (secondary N) is 1. The lowest BCUT2D eigenvalue weighted by atomic mass is 10.1. The molecule has 0 saturated carbocycles. The van der Waals surface area contributed by atoms with E-state index in [0.717, 1.165) is 30.4 Å². The monoisotopic (exact) mass is 493 g/mol. The average Bonchev–Trinajstić information content (AvgIpc) is 3.24. The Morgan fingerprint density at radius 2 is 1.76 bits per heavy atom. The lowest BCUT2D eigenvalue weighted by Crippen LogP contribution is -2.35. The third-order valence-corrected chi connectivity index (χ3v) is 7.53. The molecule has 3 amide bonds. The van der Waals surface area contributed by atoms with Gasteiger partial charge in [-0.1, -0.05) is 68.0 Å². The molecule has 2 aromatic carbocycles. The fraction of sp³-hybridized carbons (Fsp3) is 0.308. The molecule has 0 unspecified atom stereocenters. The fourth-order valence-corrected chi connectivity index (χ4v) is 5.46. The minimum Gasteiger partial charge on any atom is -0.325 e. The summed E-state index contributed by atoms with van der Waals surface area (Å²) in [7, 11) is 0. The summed E-state index contributed by atoms with van der Waals surface area (Å²) in [6.45, 7) is 6.49. The molecule has 2 aliphatic heterocycles. The number of unbranched alkanes of at least 4 members (excludes halogenated alkanes) is 2. The van der Waals surface area contributed by atoms with Gasteiger partial charge in [0, 0.05) is 17.8 Å². The number of thioether (sulfide) groups is 1. The quantitative estimate of drug-likeness (QED) is 0.332. The lowest BCUT2D eigenvalue weighted by molar-refractivity contribution is -0.122. The molecular weight excluding hydrogens is 466 g/mol. The lowest BCUT2D eigenvalue weighted by Gasteiger charge is -2.17. The Bertz CT molecular complexity index is 1220. The summed E-state index contributed by atoms with van der Waals surface area (Å²) >= 11 is 6.62. The minimum atomic E-state index is -0.356. The first kappa shape index (κ1) is 24.2. The number of anilines is 2. The van der Waals surface area contributed by atoms with Gasteiger partial charge in [-0.3, -0.25) is 24.2 Å². The molecule has 1 fully saturated rings. The second-order valence-electron chi connectivity index (χ2n) is 8.49. The Hall–Kier alpha value is -2.97. The van der Waals surface area contributed by atoms with Gasteiger partial charge in [-0.25, -0.2) is 0 Å². The van der Waals surface area contributed by atoms with Gasteiger partial charge in [-0.15, -0.1) is 0 Å². The standard InChI is InChI=1S/C26H27N3O3S2/c1-4-5-8-13-28-25(32)23(34-26(28)33)22-19-9-6-7-10-20(19)29(24(22)31)15-21(30)27-18-12-11-16(2)17(3)14-18/h6-7,9-12,14H,4-5,8,13,15H2,1-3H3,(H,27,30)/b23-22-. The Morgan fingerprint density at radius 3 is 2.50 bits per heavy atom. The van der Waals surface area contributed by atoms with Crippen molar-refractivity contribution >= 4 is 63.0 Å². The summed E-state index contributed by atoms with van der Waals surface area (Å²) < 4.78 is 0.472. The maximum absolute atomic E-state index is 13.5. The van der Waals surface area contributed by atoms with E-state index in [4.69, 9.17) is 12.2 Å². The van der Waals surface area contributed by atoms with Gasteiger partial charge in [0.25, 0.3) is 11.8 Å². The molecule has 0 atom stereocenters. The maximum Gasteiger partial charge on any atom is 0.267 e. The maximum atomic E-state index is 13.5. The predicted molar refractivity (Wildman–Crippen MR) is 142 cm³/mol. The van der Waals surface area contributed by atoms with Crippen molar-refractivity contribution in [1.29, 1.82) is 0 Å². The molecule has 1 saturated heterocycles. The SMILES string of the molecule is CCCCCN1C(=O)/C(=C2/C(=O)N(CC(=O)Nc3ccc(C)c(C)c3)c3ccccc32)SC1=S. The van der Waals surface area contributed by atoms with Gasteiger partial charge < -0.3 is 5.32 Å². The Kier molecular flexibility index (Phi) is 7.19. The summed E-state index contributed by atoms with van der Waals surface area (Å²) in [6, 6.07) is 12.9. The molecule has 6 nitrogen and oxygen atoms in total. The van der Waals surface area contributed by atoms with Crippen LogP contribution in [0, 0.1) is 13.8 Å². The highest BCUT2D eigenvalue weighted by atomic mass is 32.2. The summed E-state index contributed by atoms with van der Waals surface area (Å²) in [5.74, 6) is -0.893. The first-order valence-corrected chi connectivity index (χ1v) is 12.6. The van der Waals surface area contributed by atoms with Gasteiger partial charge in [0.05, 0.1) is 16.2 Å². The largest absolute Gasteiger partial charge is 0.325 e. The smallest absolute Gasteiger partial charge is 0.267 e. The van der Waals surface area contributed by atoms with Crippen LogP contribution >= 0.6 is 24.0 Å². The van der Waals surface area contributed by atoms with Gasteiger partial charge in [-0.05, 0) is 49.6 Å². The van der Waals surface area contributed by atoms with Gasteiger partial charge in [0.1, 0.15) is 10.9 Å². The number of nitrogens with zero attached hydrogens (tertiary/aromatic N) is 2. The topological polar surface area (TPSA) is 69.7 Å². The molecule has 176 valence electrons. The number of carbonyl (C=O) groups excluding carboxylic acids is 3. The van der Waals surface area contributed by atoms with Crippen LogP contribution in [0.15, 0.2) is 47.4 Å². The number of thiocarbonyl (C=S) groups is 1. The first-order chi connectivity index (χ1) is 16.3. The predicted octanol–water partition coefficient (Wildman–Crippen LogP) is 5.05. The second-order valence-corrected chi connectivity index (χ2v) is 10.1. The average molecular weight is 494 g/mol. The van der Waals surface area contributed by atoms with Crippen molar-refractivity contribution in [2.75, 3.05) is 23.3 Å². The molecule has 0 bridgehead atoms. The molecule has 2 aromatic rings. The van der Waals surface area contributed by atoms with E-state index in [2.05, 4.69) is 12.2 Å². The van der Waals surface area contributed by atoms with E-state index in [-0.39, 0.29) is 24.3 Å². The molecular formula is C26H27N3O3S2. The zero-order chi connectivity index (χ0) is 24.4. The normalized spacial score (nSPS) is 17.6. The van der Waals surface area contributed by atoms with Crippen LogP contribution in [0.3, 0.4) is 0 Å². The number of amides is 3. The van der Waals surface area contributed by atoms with E-state index < -0.39 is 0 Å². The highest BCUT2D eigenvalue weighted by Gasteiger charge is 2.42. The Labute approximate surface area is 209 Å². The van der Waals surface area contributed by atoms with Crippen LogP contribution in [-0.2, 0) is 14.4 Å². The number of carbonyl (C=O) groups is 3. The van der Waals surface area contributed by atoms with Crippen LogP contribution in [0.25, 0.3) is 5.57 Å². The van der Waals surface area contributed by atoms with E-state index >= 15 is 0 Å². The van der Waals surface area contributed by atoms with Crippen molar-refractivity contribution in [3.05, 3.63) is 64.1 Å². The molecule has 2 aliphatic rings. The molecule has 1 N–H and O–H groups in total. The van der Waals surface area contributed by atoms with Crippen LogP contribution in [0.5, 0.6) is 0 Å². The molecule has 4 rings (SSSR count). The third kappa shape index (κ3) is 4.65. The summed E-state index contributed by atoms with van der Waals surface area (Å²) in [5.41, 5.74) is 4.49.